The molecule has 146 valence electrons. The van der Waals surface area contributed by atoms with Gasteiger partial charge in [0.15, 0.2) is 5.96 Å². The van der Waals surface area contributed by atoms with Gasteiger partial charge in [-0.15, -0.1) is 24.0 Å². The molecular weight excluding hydrogens is 451 g/mol. The van der Waals surface area contributed by atoms with Gasteiger partial charge in [0.1, 0.15) is 5.75 Å². The molecule has 0 radical (unpaired) electrons. The lowest BCUT2D eigenvalue weighted by molar-refractivity contribution is 0.242. The minimum Gasteiger partial charge on any atom is -0.491 e. The third-order valence-electron chi connectivity index (χ3n) is 4.43. The summed E-state index contributed by atoms with van der Waals surface area (Å²) in [4.78, 5) is 6.78. The van der Waals surface area contributed by atoms with Gasteiger partial charge in [0.25, 0.3) is 0 Å². The summed E-state index contributed by atoms with van der Waals surface area (Å²) in [6.45, 7) is 5.72. The summed E-state index contributed by atoms with van der Waals surface area (Å²) in [7, 11) is 2.15. The molecule has 0 saturated heterocycles. The molecular formula is C21H29IN4O. The van der Waals surface area contributed by atoms with Crippen molar-refractivity contribution in [3.05, 3.63) is 53.6 Å². The van der Waals surface area contributed by atoms with Gasteiger partial charge < -0.3 is 20.7 Å². The van der Waals surface area contributed by atoms with Gasteiger partial charge in [-0.05, 0) is 68.1 Å². The first-order valence-electron chi connectivity index (χ1n) is 9.18. The zero-order valence-corrected chi connectivity index (χ0v) is 18.6. The average molecular weight is 480 g/mol. The minimum atomic E-state index is 0. The van der Waals surface area contributed by atoms with Crippen LogP contribution in [0.25, 0.3) is 0 Å². The van der Waals surface area contributed by atoms with Crippen molar-refractivity contribution in [2.24, 2.45) is 10.7 Å². The highest BCUT2D eigenvalue weighted by atomic mass is 127. The van der Waals surface area contributed by atoms with Crippen molar-refractivity contribution < 1.29 is 4.74 Å². The molecule has 0 atom stereocenters. The maximum absolute atomic E-state index is 6.03. The Morgan fingerprint density at radius 1 is 1.22 bits per heavy atom. The summed E-state index contributed by atoms with van der Waals surface area (Å²) >= 11 is 0. The van der Waals surface area contributed by atoms with Crippen LogP contribution in [0.1, 0.15) is 31.4 Å². The summed E-state index contributed by atoms with van der Waals surface area (Å²) in [6.07, 6.45) is 2.50. The highest BCUT2D eigenvalue weighted by Gasteiger charge is 2.13. The molecule has 1 aliphatic rings. The van der Waals surface area contributed by atoms with E-state index < -0.39 is 0 Å². The van der Waals surface area contributed by atoms with Crippen molar-refractivity contribution in [1.29, 1.82) is 0 Å². The number of nitrogens with zero attached hydrogens (tertiary/aromatic N) is 2. The molecule has 3 rings (SSSR count). The van der Waals surface area contributed by atoms with E-state index in [-0.39, 0.29) is 30.1 Å². The average Bonchev–Trinajstić information content (AvgIpc) is 2.61. The molecule has 0 bridgehead atoms. The summed E-state index contributed by atoms with van der Waals surface area (Å²) in [5.41, 5.74) is 10.8. The first kappa shape index (κ1) is 21.3. The van der Waals surface area contributed by atoms with Crippen molar-refractivity contribution in [2.45, 2.75) is 39.3 Å². The Kier molecular flexibility index (Phi) is 7.77. The van der Waals surface area contributed by atoms with E-state index in [1.807, 2.05) is 38.1 Å². The van der Waals surface area contributed by atoms with Crippen LogP contribution in [0, 0.1) is 0 Å². The molecule has 0 aromatic heterocycles. The van der Waals surface area contributed by atoms with Gasteiger partial charge in [-0.1, -0.05) is 12.1 Å². The second kappa shape index (κ2) is 9.82. The van der Waals surface area contributed by atoms with Crippen LogP contribution in [0.4, 0.5) is 11.4 Å². The number of aryl methyl sites for hydroxylation is 1. The Labute approximate surface area is 179 Å². The highest BCUT2D eigenvalue weighted by molar-refractivity contribution is 14.0. The lowest BCUT2D eigenvalue weighted by Gasteiger charge is -2.27. The first-order valence-corrected chi connectivity index (χ1v) is 9.18. The van der Waals surface area contributed by atoms with E-state index in [4.69, 9.17) is 10.5 Å². The van der Waals surface area contributed by atoms with Crippen LogP contribution in [0.15, 0.2) is 47.5 Å². The number of nitrogens with one attached hydrogen (secondary N) is 1. The fourth-order valence-corrected chi connectivity index (χ4v) is 3.19. The molecule has 2 aromatic rings. The van der Waals surface area contributed by atoms with E-state index in [0.717, 1.165) is 24.4 Å². The standard InChI is InChI=1S/C21H28N4O.HI/c1-15(2)26-19-9-7-18(8-10-19)24-21(22)23-14-16-6-11-20-17(13-16)5-4-12-25(20)3;/h6-11,13,15H,4-5,12,14H2,1-3H3,(H3,22,23,24);1H. The first-order chi connectivity index (χ1) is 12.5. The minimum absolute atomic E-state index is 0. The molecule has 1 heterocycles. The normalized spacial score (nSPS) is 13.8. The number of benzene rings is 2. The summed E-state index contributed by atoms with van der Waals surface area (Å²) < 4.78 is 5.64. The van der Waals surface area contributed by atoms with E-state index >= 15 is 0 Å². The van der Waals surface area contributed by atoms with Gasteiger partial charge in [-0.2, -0.15) is 0 Å². The Balaban J connectivity index is 0.00000261. The SMILES string of the molecule is CC(C)Oc1ccc(NC(N)=NCc2ccc3c(c2)CCCN3C)cc1.I. The van der Waals surface area contributed by atoms with Gasteiger partial charge in [0, 0.05) is 25.0 Å². The molecule has 2 aromatic carbocycles. The molecule has 0 saturated carbocycles. The van der Waals surface area contributed by atoms with Crippen molar-refractivity contribution in [3.8, 4) is 5.75 Å². The monoisotopic (exact) mass is 480 g/mol. The molecule has 0 spiro atoms. The molecule has 5 nitrogen and oxygen atoms in total. The third-order valence-corrected chi connectivity index (χ3v) is 4.43. The fraction of sp³-hybridized carbons (Fsp3) is 0.381. The summed E-state index contributed by atoms with van der Waals surface area (Å²) in [5, 5.41) is 3.13. The zero-order valence-electron chi connectivity index (χ0n) is 16.2. The number of nitrogens with two attached hydrogens (primary N) is 1. The second-order valence-corrected chi connectivity index (χ2v) is 7.01. The van der Waals surface area contributed by atoms with Crippen LogP contribution in [0.3, 0.4) is 0 Å². The highest BCUT2D eigenvalue weighted by Crippen LogP contribution is 2.27. The molecule has 0 fully saturated rings. The smallest absolute Gasteiger partial charge is 0.193 e. The molecule has 3 N–H and O–H groups in total. The number of ether oxygens (including phenoxy) is 1. The van der Waals surface area contributed by atoms with Crippen molar-refractivity contribution >= 4 is 41.3 Å². The van der Waals surface area contributed by atoms with E-state index in [2.05, 4.69) is 40.5 Å². The number of halogens is 1. The van der Waals surface area contributed by atoms with Crippen LogP contribution in [-0.4, -0.2) is 25.7 Å². The van der Waals surface area contributed by atoms with Crippen LogP contribution in [0.5, 0.6) is 5.75 Å². The van der Waals surface area contributed by atoms with Crippen LogP contribution in [-0.2, 0) is 13.0 Å². The Morgan fingerprint density at radius 3 is 2.67 bits per heavy atom. The molecule has 0 amide bonds. The van der Waals surface area contributed by atoms with Crippen LogP contribution < -0.4 is 20.7 Å². The maximum Gasteiger partial charge on any atom is 0.193 e. The molecule has 27 heavy (non-hydrogen) atoms. The largest absolute Gasteiger partial charge is 0.491 e. The van der Waals surface area contributed by atoms with Gasteiger partial charge in [0.05, 0.1) is 12.6 Å². The number of hydrogen-bond donors (Lipinski definition) is 2. The number of hydrogen-bond acceptors (Lipinski definition) is 3. The molecule has 0 aliphatic carbocycles. The second-order valence-electron chi connectivity index (χ2n) is 7.01. The molecule has 6 heteroatoms. The molecule has 0 unspecified atom stereocenters. The summed E-state index contributed by atoms with van der Waals surface area (Å²) in [6, 6.07) is 14.3. The number of fused-ring (bicyclic) bond motifs is 1. The lowest BCUT2D eigenvalue weighted by atomic mass is 10.00. The lowest BCUT2D eigenvalue weighted by Crippen LogP contribution is -2.24. The van der Waals surface area contributed by atoms with Gasteiger partial charge in [-0.3, -0.25) is 0 Å². The Bertz CT molecular complexity index is 774. The van der Waals surface area contributed by atoms with Gasteiger partial charge >= 0.3 is 0 Å². The third kappa shape index (κ3) is 6.02. The summed E-state index contributed by atoms with van der Waals surface area (Å²) in [5.74, 6) is 1.26. The number of guanidine groups is 1. The van der Waals surface area contributed by atoms with Crippen molar-refractivity contribution in [1.82, 2.24) is 0 Å². The fourth-order valence-electron chi connectivity index (χ4n) is 3.19. The van der Waals surface area contributed by atoms with Crippen molar-refractivity contribution in [2.75, 3.05) is 23.8 Å². The predicted octanol–water partition coefficient (Wildman–Crippen LogP) is 4.40. The van der Waals surface area contributed by atoms with Crippen molar-refractivity contribution in [3.63, 3.8) is 0 Å². The van der Waals surface area contributed by atoms with E-state index in [1.54, 1.807) is 0 Å². The van der Waals surface area contributed by atoms with Crippen LogP contribution >= 0.6 is 24.0 Å². The van der Waals surface area contributed by atoms with E-state index in [1.165, 1.54) is 23.2 Å². The number of aliphatic imine (C=N–C) groups is 1. The Morgan fingerprint density at radius 2 is 1.96 bits per heavy atom. The number of anilines is 2. The van der Waals surface area contributed by atoms with Gasteiger partial charge in [-0.25, -0.2) is 4.99 Å². The quantitative estimate of drug-likeness (QED) is 0.379. The van der Waals surface area contributed by atoms with Crippen LogP contribution in [0.2, 0.25) is 0 Å². The van der Waals surface area contributed by atoms with E-state index in [9.17, 15) is 0 Å². The van der Waals surface area contributed by atoms with E-state index in [0.29, 0.717) is 12.5 Å². The molecule has 1 aliphatic heterocycles. The Hall–Kier alpha value is -1.96. The predicted molar refractivity (Wildman–Crippen MR) is 125 cm³/mol. The van der Waals surface area contributed by atoms with Gasteiger partial charge in [0.2, 0.25) is 0 Å². The zero-order chi connectivity index (χ0) is 18.5. The topological polar surface area (TPSA) is 62.9 Å². The number of rotatable bonds is 5. The maximum atomic E-state index is 6.03.